The first kappa shape index (κ1) is 24.4. The van der Waals surface area contributed by atoms with E-state index in [-0.39, 0.29) is 12.5 Å². The normalized spacial score (nSPS) is 12.3. The summed E-state index contributed by atoms with van der Waals surface area (Å²) in [5.74, 6) is 0.261. The highest BCUT2D eigenvalue weighted by atomic mass is 35.5. The summed E-state index contributed by atoms with van der Waals surface area (Å²) in [4.78, 5) is 17.1. The molecule has 0 saturated carbocycles. The second-order valence-corrected chi connectivity index (χ2v) is 9.35. The second-order valence-electron chi connectivity index (χ2n) is 7.20. The van der Waals surface area contributed by atoms with Crippen LogP contribution in [0.15, 0.2) is 36.4 Å². The zero-order valence-corrected chi connectivity index (χ0v) is 20.0. The van der Waals surface area contributed by atoms with Crippen LogP contribution in [0, 0.1) is 6.92 Å². The minimum Gasteiger partial charge on any atom is -0.441 e. The number of hydrogen-bond acceptors (Lipinski definition) is 8. The summed E-state index contributed by atoms with van der Waals surface area (Å²) in [7, 11) is -1.74. The Morgan fingerprint density at radius 1 is 1.24 bits per heavy atom. The predicted molar refractivity (Wildman–Crippen MR) is 125 cm³/mol. The molecule has 13 heteroatoms. The molecule has 0 fully saturated rings. The van der Waals surface area contributed by atoms with Gasteiger partial charge in [0.05, 0.1) is 30.0 Å². The van der Waals surface area contributed by atoms with E-state index in [0.29, 0.717) is 33.4 Å². The molecule has 3 aromatic rings. The van der Waals surface area contributed by atoms with Gasteiger partial charge in [0.25, 0.3) is 0 Å². The minimum absolute atomic E-state index is 0.259. The number of nitrogens with zero attached hydrogens (tertiary/aromatic N) is 4. The number of sulfonamides is 1. The molecule has 33 heavy (non-hydrogen) atoms. The third-order valence-corrected chi connectivity index (χ3v) is 5.45. The fourth-order valence-electron chi connectivity index (χ4n) is 3.03. The number of nitrogens with one attached hydrogen (secondary N) is 3. The van der Waals surface area contributed by atoms with Crippen LogP contribution in [0.25, 0.3) is 11.4 Å². The Morgan fingerprint density at radius 2 is 1.97 bits per heavy atom. The van der Waals surface area contributed by atoms with Gasteiger partial charge in [0.15, 0.2) is 11.5 Å². The van der Waals surface area contributed by atoms with Crippen LogP contribution in [0.2, 0.25) is 5.02 Å². The molecule has 0 unspecified atom stereocenters. The molecule has 1 amide bonds. The van der Waals surface area contributed by atoms with Gasteiger partial charge in [-0.15, -0.1) is 5.10 Å². The Balaban J connectivity index is 1.87. The molecule has 2 heterocycles. The topological polar surface area (TPSA) is 140 Å². The van der Waals surface area contributed by atoms with E-state index >= 15 is 0 Å². The Bertz CT molecular complexity index is 1260. The summed E-state index contributed by atoms with van der Waals surface area (Å²) in [6.45, 7) is 3.63. The van der Waals surface area contributed by atoms with Crippen LogP contribution in [0.5, 0.6) is 0 Å². The molecule has 0 saturated heterocycles. The van der Waals surface area contributed by atoms with Gasteiger partial charge in [-0.25, -0.2) is 22.9 Å². The average Bonchev–Trinajstić information content (AvgIpc) is 3.11. The van der Waals surface area contributed by atoms with E-state index < -0.39 is 22.2 Å². The maximum Gasteiger partial charge on any atom is 0.413 e. The van der Waals surface area contributed by atoms with Gasteiger partial charge in [-0.2, -0.15) is 0 Å². The summed E-state index contributed by atoms with van der Waals surface area (Å²) in [6, 6.07) is 10.2. The van der Waals surface area contributed by atoms with Crippen LogP contribution in [0.1, 0.15) is 24.3 Å². The van der Waals surface area contributed by atoms with E-state index in [0.717, 1.165) is 6.26 Å². The molecule has 2 aromatic heterocycles. The van der Waals surface area contributed by atoms with Crippen LogP contribution >= 0.6 is 11.6 Å². The Labute approximate surface area is 196 Å². The highest BCUT2D eigenvalue weighted by Crippen LogP contribution is 2.28. The molecular weight excluding hydrogens is 470 g/mol. The number of carbonyl (C=O) groups excluding carboxylic acids is 1. The molecule has 0 spiro atoms. The fourth-order valence-corrected chi connectivity index (χ4v) is 3.93. The van der Waals surface area contributed by atoms with Crippen molar-refractivity contribution in [2.24, 2.45) is 0 Å². The van der Waals surface area contributed by atoms with Crippen LogP contribution in [0.3, 0.4) is 0 Å². The number of benzene rings is 1. The van der Waals surface area contributed by atoms with Crippen molar-refractivity contribution in [3.8, 4) is 11.4 Å². The summed E-state index contributed by atoms with van der Waals surface area (Å²) in [5, 5.41) is 14.3. The van der Waals surface area contributed by atoms with Gasteiger partial charge < -0.3 is 10.1 Å². The van der Waals surface area contributed by atoms with Crippen molar-refractivity contribution in [2.75, 3.05) is 23.3 Å². The number of carbonyl (C=O) groups is 1. The highest BCUT2D eigenvalue weighted by molar-refractivity contribution is 7.92. The zero-order chi connectivity index (χ0) is 24.2. The largest absolute Gasteiger partial charge is 0.441 e. The lowest BCUT2D eigenvalue weighted by molar-refractivity contribution is 0.121. The van der Waals surface area contributed by atoms with Gasteiger partial charge in [-0.1, -0.05) is 35.0 Å². The number of pyridine rings is 1. The molecule has 3 rings (SSSR count). The number of rotatable bonds is 8. The second kappa shape index (κ2) is 10.1. The molecule has 3 N–H and O–H groups in total. The van der Waals surface area contributed by atoms with Gasteiger partial charge in [0.2, 0.25) is 10.0 Å². The first-order chi connectivity index (χ1) is 15.6. The van der Waals surface area contributed by atoms with Crippen LogP contribution in [0.4, 0.5) is 16.3 Å². The molecule has 0 aliphatic rings. The van der Waals surface area contributed by atoms with Crippen molar-refractivity contribution in [3.05, 3.63) is 52.7 Å². The fraction of sp³-hybridized carbons (Fsp3) is 0.300. The van der Waals surface area contributed by atoms with Crippen molar-refractivity contribution in [3.63, 3.8) is 0 Å². The predicted octanol–water partition coefficient (Wildman–Crippen LogP) is 3.16. The van der Waals surface area contributed by atoms with Crippen molar-refractivity contribution in [1.29, 1.82) is 0 Å². The van der Waals surface area contributed by atoms with E-state index in [1.54, 1.807) is 57.3 Å². The molecule has 0 aliphatic heterocycles. The summed E-state index contributed by atoms with van der Waals surface area (Å²) in [6.07, 6.45) is -0.270. The lowest BCUT2D eigenvalue weighted by Gasteiger charge is -2.16. The molecule has 176 valence electrons. The first-order valence-electron chi connectivity index (χ1n) is 9.85. The van der Waals surface area contributed by atoms with Crippen LogP contribution in [-0.4, -0.2) is 47.8 Å². The standard InChI is InChI=1S/C20H24ClN7O4S/c1-12-16(26-33(4,30)31)9-10-17(23-12)18-19(28(11-22-3)27-25-18)24-20(29)32-13(2)14-7-5-6-8-15(14)21/h5-10,13,22,26H,11H2,1-4H3,(H,24,29)/t13-/m1/s1. The van der Waals surface area contributed by atoms with Gasteiger partial charge in [0.1, 0.15) is 6.10 Å². The number of halogens is 1. The SMILES string of the molecule is CNCn1nnc(-c2ccc(NS(C)(=O)=O)c(C)n2)c1NC(=O)O[C@H](C)c1ccccc1Cl. The zero-order valence-electron chi connectivity index (χ0n) is 18.5. The van der Waals surface area contributed by atoms with Gasteiger partial charge in [-0.3, -0.25) is 10.0 Å². The van der Waals surface area contributed by atoms with E-state index in [9.17, 15) is 13.2 Å². The smallest absolute Gasteiger partial charge is 0.413 e. The number of anilines is 2. The average molecular weight is 494 g/mol. The molecule has 1 atom stereocenters. The highest BCUT2D eigenvalue weighted by Gasteiger charge is 2.21. The number of amides is 1. The van der Waals surface area contributed by atoms with Crippen molar-refractivity contribution in [2.45, 2.75) is 26.6 Å². The number of aromatic nitrogens is 4. The molecule has 0 bridgehead atoms. The Hall–Kier alpha value is -3.22. The van der Waals surface area contributed by atoms with Crippen molar-refractivity contribution >= 4 is 39.2 Å². The maximum atomic E-state index is 12.7. The van der Waals surface area contributed by atoms with E-state index in [1.807, 2.05) is 0 Å². The Kier molecular flexibility index (Phi) is 7.51. The first-order valence-corrected chi connectivity index (χ1v) is 12.1. The van der Waals surface area contributed by atoms with Gasteiger partial charge in [-0.05, 0) is 39.1 Å². The van der Waals surface area contributed by atoms with Gasteiger partial charge in [0, 0.05) is 10.6 Å². The summed E-state index contributed by atoms with van der Waals surface area (Å²) in [5.41, 5.74) is 2.13. The summed E-state index contributed by atoms with van der Waals surface area (Å²) < 4.78 is 32.4. The number of aryl methyl sites for hydroxylation is 1. The van der Waals surface area contributed by atoms with E-state index in [1.165, 1.54) is 4.68 Å². The number of hydrogen-bond donors (Lipinski definition) is 3. The lowest BCUT2D eigenvalue weighted by atomic mass is 10.1. The van der Waals surface area contributed by atoms with Crippen molar-refractivity contribution in [1.82, 2.24) is 25.3 Å². The third kappa shape index (κ3) is 6.18. The maximum absolute atomic E-state index is 12.7. The lowest BCUT2D eigenvalue weighted by Crippen LogP contribution is -2.22. The quantitative estimate of drug-likeness (QED) is 0.434. The van der Waals surface area contributed by atoms with E-state index in [2.05, 4.69) is 30.7 Å². The Morgan fingerprint density at radius 3 is 2.61 bits per heavy atom. The van der Waals surface area contributed by atoms with Crippen LogP contribution < -0.4 is 15.4 Å². The molecule has 0 radical (unpaired) electrons. The van der Waals surface area contributed by atoms with E-state index in [4.69, 9.17) is 16.3 Å². The minimum atomic E-state index is -3.46. The molecule has 0 aliphatic carbocycles. The molecule has 1 aromatic carbocycles. The van der Waals surface area contributed by atoms with Crippen LogP contribution in [-0.2, 0) is 21.4 Å². The monoisotopic (exact) mass is 493 g/mol. The molecular formula is C20H24ClN7O4S. The summed E-state index contributed by atoms with van der Waals surface area (Å²) >= 11 is 6.19. The van der Waals surface area contributed by atoms with Crippen molar-refractivity contribution < 1.29 is 17.9 Å². The van der Waals surface area contributed by atoms with Gasteiger partial charge >= 0.3 is 6.09 Å². The third-order valence-electron chi connectivity index (χ3n) is 4.51. The number of ether oxygens (including phenoxy) is 1. The molecule has 11 nitrogen and oxygen atoms in total.